The van der Waals surface area contributed by atoms with E-state index in [4.69, 9.17) is 14.0 Å². The van der Waals surface area contributed by atoms with Gasteiger partial charge in [-0.1, -0.05) is 5.16 Å². The van der Waals surface area contributed by atoms with Crippen LogP contribution in [0.5, 0.6) is 0 Å². The van der Waals surface area contributed by atoms with Crippen molar-refractivity contribution in [2.75, 3.05) is 26.3 Å². The SMILES string of the molecule is FC(F)COCCc1noc(COC2CCNCC2)n1. The van der Waals surface area contributed by atoms with Crippen molar-refractivity contribution in [3.63, 3.8) is 0 Å². The van der Waals surface area contributed by atoms with Gasteiger partial charge in [-0.2, -0.15) is 4.98 Å². The minimum Gasteiger partial charge on any atom is -0.375 e. The van der Waals surface area contributed by atoms with Gasteiger partial charge < -0.3 is 19.3 Å². The number of alkyl halides is 2. The Labute approximate surface area is 115 Å². The van der Waals surface area contributed by atoms with Crippen molar-refractivity contribution in [3.8, 4) is 0 Å². The Hall–Kier alpha value is -1.12. The molecule has 0 atom stereocenters. The highest BCUT2D eigenvalue weighted by Crippen LogP contribution is 2.10. The average Bonchev–Trinajstić information content (AvgIpc) is 2.90. The van der Waals surface area contributed by atoms with E-state index in [1.165, 1.54) is 0 Å². The highest BCUT2D eigenvalue weighted by atomic mass is 19.3. The summed E-state index contributed by atoms with van der Waals surface area (Å²) in [6.45, 7) is 1.79. The van der Waals surface area contributed by atoms with E-state index in [1.807, 2.05) is 0 Å². The lowest BCUT2D eigenvalue weighted by Gasteiger charge is -2.21. The lowest BCUT2D eigenvalue weighted by Crippen LogP contribution is -2.32. The first-order valence-electron chi connectivity index (χ1n) is 6.73. The van der Waals surface area contributed by atoms with E-state index in [0.717, 1.165) is 25.9 Å². The molecule has 0 bridgehead atoms. The van der Waals surface area contributed by atoms with Gasteiger partial charge in [0.2, 0.25) is 0 Å². The van der Waals surface area contributed by atoms with Crippen LogP contribution in [0.4, 0.5) is 8.78 Å². The first kappa shape index (κ1) is 15.3. The second kappa shape index (κ2) is 8.23. The normalized spacial score (nSPS) is 16.9. The zero-order valence-corrected chi connectivity index (χ0v) is 11.2. The van der Waals surface area contributed by atoms with E-state index in [2.05, 4.69) is 15.5 Å². The van der Waals surface area contributed by atoms with Gasteiger partial charge in [0.05, 0.1) is 12.7 Å². The molecule has 0 saturated carbocycles. The quantitative estimate of drug-likeness (QED) is 0.725. The van der Waals surface area contributed by atoms with Crippen molar-refractivity contribution in [2.45, 2.75) is 38.4 Å². The lowest BCUT2D eigenvalue weighted by molar-refractivity contribution is 0.00859. The zero-order chi connectivity index (χ0) is 14.2. The predicted octanol–water partition coefficient (Wildman–Crippen LogP) is 1.16. The summed E-state index contributed by atoms with van der Waals surface area (Å²) < 4.78 is 39.1. The molecule has 1 N–H and O–H groups in total. The molecule has 20 heavy (non-hydrogen) atoms. The van der Waals surface area contributed by atoms with E-state index < -0.39 is 13.0 Å². The minimum absolute atomic E-state index is 0.151. The van der Waals surface area contributed by atoms with Crippen LogP contribution in [-0.2, 0) is 22.5 Å². The molecule has 1 aromatic rings. The van der Waals surface area contributed by atoms with E-state index in [0.29, 0.717) is 18.1 Å². The van der Waals surface area contributed by atoms with Crippen LogP contribution in [-0.4, -0.2) is 49.0 Å². The van der Waals surface area contributed by atoms with E-state index in [-0.39, 0.29) is 19.3 Å². The highest BCUT2D eigenvalue weighted by Gasteiger charge is 2.15. The summed E-state index contributed by atoms with van der Waals surface area (Å²) in [6, 6.07) is 0. The molecule has 8 heteroatoms. The summed E-state index contributed by atoms with van der Waals surface area (Å²) in [4.78, 5) is 4.13. The van der Waals surface area contributed by atoms with Gasteiger partial charge in [0.15, 0.2) is 5.82 Å². The van der Waals surface area contributed by atoms with Crippen molar-refractivity contribution < 1.29 is 22.8 Å². The molecule has 6 nitrogen and oxygen atoms in total. The van der Waals surface area contributed by atoms with Crippen LogP contribution < -0.4 is 5.32 Å². The first-order chi connectivity index (χ1) is 9.74. The number of halogens is 2. The van der Waals surface area contributed by atoms with Gasteiger partial charge in [-0.15, -0.1) is 0 Å². The monoisotopic (exact) mass is 291 g/mol. The molecule has 1 aromatic heterocycles. The molecular weight excluding hydrogens is 272 g/mol. The van der Waals surface area contributed by atoms with Crippen LogP contribution in [0, 0.1) is 0 Å². The fourth-order valence-electron chi connectivity index (χ4n) is 1.94. The number of hydrogen-bond donors (Lipinski definition) is 1. The molecule has 1 aliphatic rings. The van der Waals surface area contributed by atoms with Gasteiger partial charge in [-0.25, -0.2) is 8.78 Å². The number of nitrogens with one attached hydrogen (secondary N) is 1. The van der Waals surface area contributed by atoms with E-state index >= 15 is 0 Å². The molecule has 0 spiro atoms. The van der Waals surface area contributed by atoms with Crippen molar-refractivity contribution in [1.29, 1.82) is 0 Å². The third-order valence-corrected chi connectivity index (χ3v) is 2.95. The smallest absolute Gasteiger partial charge is 0.261 e. The van der Waals surface area contributed by atoms with Gasteiger partial charge in [0, 0.05) is 6.42 Å². The fraction of sp³-hybridized carbons (Fsp3) is 0.833. The number of piperidine rings is 1. The third-order valence-electron chi connectivity index (χ3n) is 2.95. The van der Waals surface area contributed by atoms with Gasteiger partial charge >= 0.3 is 0 Å². The summed E-state index contributed by atoms with van der Waals surface area (Å²) in [5.74, 6) is 0.857. The van der Waals surface area contributed by atoms with Gasteiger partial charge in [0.1, 0.15) is 13.2 Å². The molecule has 1 aliphatic heterocycles. The number of rotatable bonds is 8. The van der Waals surface area contributed by atoms with Crippen molar-refractivity contribution in [2.24, 2.45) is 0 Å². The fourth-order valence-corrected chi connectivity index (χ4v) is 1.94. The molecular formula is C12H19F2N3O3. The van der Waals surface area contributed by atoms with Crippen LogP contribution in [0.25, 0.3) is 0 Å². The van der Waals surface area contributed by atoms with Gasteiger partial charge in [0.25, 0.3) is 12.3 Å². The molecule has 0 unspecified atom stereocenters. The largest absolute Gasteiger partial charge is 0.375 e. The summed E-state index contributed by atoms with van der Waals surface area (Å²) >= 11 is 0. The van der Waals surface area contributed by atoms with Crippen molar-refractivity contribution >= 4 is 0 Å². The molecule has 1 saturated heterocycles. The molecule has 2 rings (SSSR count). The van der Waals surface area contributed by atoms with Crippen LogP contribution in [0.3, 0.4) is 0 Å². The topological polar surface area (TPSA) is 69.4 Å². The minimum atomic E-state index is -2.45. The third kappa shape index (κ3) is 5.48. The Morgan fingerprint density at radius 1 is 1.35 bits per heavy atom. The molecule has 0 amide bonds. The summed E-state index contributed by atoms with van der Waals surface area (Å²) in [5, 5.41) is 7.01. The molecule has 0 aromatic carbocycles. The molecule has 0 aliphatic carbocycles. The number of nitrogens with zero attached hydrogens (tertiary/aromatic N) is 2. The molecule has 1 fully saturated rings. The van der Waals surface area contributed by atoms with Crippen LogP contribution in [0.2, 0.25) is 0 Å². The average molecular weight is 291 g/mol. The standard InChI is InChI=1S/C12H19F2N3O3/c13-10(14)7-18-6-3-11-16-12(20-17-11)8-19-9-1-4-15-5-2-9/h9-10,15H,1-8H2. The van der Waals surface area contributed by atoms with Crippen molar-refractivity contribution in [1.82, 2.24) is 15.5 Å². The second-order valence-corrected chi connectivity index (χ2v) is 4.58. The Kier molecular flexibility index (Phi) is 6.28. The second-order valence-electron chi connectivity index (χ2n) is 4.58. The Morgan fingerprint density at radius 3 is 2.90 bits per heavy atom. The first-order valence-corrected chi connectivity index (χ1v) is 6.73. The zero-order valence-electron chi connectivity index (χ0n) is 11.2. The number of aromatic nitrogens is 2. The summed E-state index contributed by atoms with van der Waals surface area (Å²) in [5.41, 5.74) is 0. The predicted molar refractivity (Wildman–Crippen MR) is 65.5 cm³/mol. The number of hydrogen-bond acceptors (Lipinski definition) is 6. The highest BCUT2D eigenvalue weighted by molar-refractivity contribution is 4.85. The maximum Gasteiger partial charge on any atom is 0.261 e. The molecule has 2 heterocycles. The maximum absolute atomic E-state index is 11.8. The van der Waals surface area contributed by atoms with Crippen LogP contribution in [0.15, 0.2) is 4.52 Å². The Bertz CT molecular complexity index is 384. The molecule has 114 valence electrons. The maximum atomic E-state index is 11.8. The number of ether oxygens (including phenoxy) is 2. The van der Waals surface area contributed by atoms with Gasteiger partial charge in [-0.05, 0) is 25.9 Å². The Balaban J connectivity index is 1.63. The van der Waals surface area contributed by atoms with E-state index in [1.54, 1.807) is 0 Å². The Morgan fingerprint density at radius 2 is 2.15 bits per heavy atom. The van der Waals surface area contributed by atoms with E-state index in [9.17, 15) is 8.78 Å². The van der Waals surface area contributed by atoms with Crippen LogP contribution in [0.1, 0.15) is 24.6 Å². The molecule has 0 radical (unpaired) electrons. The lowest BCUT2D eigenvalue weighted by atomic mass is 10.1. The van der Waals surface area contributed by atoms with Gasteiger partial charge in [-0.3, -0.25) is 0 Å². The summed E-state index contributed by atoms with van der Waals surface area (Å²) in [6.07, 6.45) is 0.0734. The summed E-state index contributed by atoms with van der Waals surface area (Å²) in [7, 11) is 0. The van der Waals surface area contributed by atoms with Crippen LogP contribution >= 0.6 is 0 Å². The van der Waals surface area contributed by atoms with Crippen molar-refractivity contribution in [3.05, 3.63) is 11.7 Å².